The van der Waals surface area contributed by atoms with Gasteiger partial charge in [-0.1, -0.05) is 30.3 Å². The van der Waals surface area contributed by atoms with E-state index in [1.807, 2.05) is 72.3 Å². The summed E-state index contributed by atoms with van der Waals surface area (Å²) in [5.41, 5.74) is 2.24. The van der Waals surface area contributed by atoms with Crippen LogP contribution in [0.1, 0.15) is 18.3 Å². The third-order valence-electron chi connectivity index (χ3n) is 5.67. The van der Waals surface area contributed by atoms with Crippen molar-refractivity contribution in [3.8, 4) is 17.2 Å². The Hall–Kier alpha value is -4.11. The summed E-state index contributed by atoms with van der Waals surface area (Å²) in [7, 11) is -3.73. The molecule has 1 amide bonds. The number of nitrogens with one attached hydrogen (secondary N) is 1. The number of carbonyl (C=O) groups is 1. The molecule has 1 heterocycles. The van der Waals surface area contributed by atoms with Crippen LogP contribution in [0.25, 0.3) is 5.69 Å². The van der Waals surface area contributed by atoms with Crippen LogP contribution in [-0.2, 0) is 21.4 Å². The third-order valence-corrected chi connectivity index (χ3v) is 6.91. The van der Waals surface area contributed by atoms with E-state index in [-0.39, 0.29) is 6.54 Å². The van der Waals surface area contributed by atoms with Crippen LogP contribution in [0.4, 0.5) is 5.69 Å². The van der Waals surface area contributed by atoms with Crippen molar-refractivity contribution < 1.29 is 17.9 Å². The molecule has 0 aliphatic rings. The van der Waals surface area contributed by atoms with Crippen LogP contribution >= 0.6 is 0 Å². The maximum Gasteiger partial charge on any atom is 0.243 e. The van der Waals surface area contributed by atoms with Crippen molar-refractivity contribution in [1.82, 2.24) is 14.9 Å². The van der Waals surface area contributed by atoms with Gasteiger partial charge in [-0.2, -0.15) is 0 Å². The molecular formula is C27H28N4O4S. The van der Waals surface area contributed by atoms with Crippen molar-refractivity contribution in [2.45, 2.75) is 26.4 Å². The number of rotatable bonds is 9. The number of aromatic nitrogens is 2. The number of hydrogen-bond donors (Lipinski definition) is 1. The summed E-state index contributed by atoms with van der Waals surface area (Å²) in [6, 6.07) is 22.7. The number of hydrogen-bond acceptors (Lipinski definition) is 5. The maximum absolute atomic E-state index is 12.9. The SMILES string of the molecule is Cc1nccn1-c1ccc(CNC(=O)C(C)N(c2ccc(Oc3ccccc3)cc2)S(C)(=O)=O)cc1. The molecular weight excluding hydrogens is 476 g/mol. The lowest BCUT2D eigenvalue weighted by Gasteiger charge is -2.28. The van der Waals surface area contributed by atoms with Crippen LogP contribution in [-0.4, -0.2) is 36.2 Å². The number of imidazole rings is 1. The number of anilines is 1. The molecule has 0 radical (unpaired) electrons. The first-order chi connectivity index (χ1) is 17.2. The van der Waals surface area contributed by atoms with E-state index in [2.05, 4.69) is 10.3 Å². The summed E-state index contributed by atoms with van der Waals surface area (Å²) in [5, 5.41) is 2.84. The summed E-state index contributed by atoms with van der Waals surface area (Å²) in [4.78, 5) is 17.2. The number of amides is 1. The van der Waals surface area contributed by atoms with Gasteiger partial charge in [-0.15, -0.1) is 0 Å². The fraction of sp³-hybridized carbons (Fsp3) is 0.185. The van der Waals surface area contributed by atoms with Crippen molar-refractivity contribution in [3.63, 3.8) is 0 Å². The van der Waals surface area contributed by atoms with Gasteiger partial charge >= 0.3 is 0 Å². The fourth-order valence-electron chi connectivity index (χ4n) is 3.86. The van der Waals surface area contributed by atoms with Gasteiger partial charge < -0.3 is 14.6 Å². The second-order valence-electron chi connectivity index (χ2n) is 8.37. The quantitative estimate of drug-likeness (QED) is 0.364. The Bertz CT molecular complexity index is 1420. The number of aryl methyl sites for hydroxylation is 1. The average molecular weight is 505 g/mol. The minimum atomic E-state index is -3.73. The second kappa shape index (κ2) is 10.7. The Kier molecular flexibility index (Phi) is 7.40. The Labute approximate surface area is 211 Å². The normalized spacial score (nSPS) is 12.1. The van der Waals surface area contributed by atoms with Gasteiger partial charge in [0.05, 0.1) is 11.9 Å². The monoisotopic (exact) mass is 504 g/mol. The van der Waals surface area contributed by atoms with Gasteiger partial charge in [-0.25, -0.2) is 13.4 Å². The maximum atomic E-state index is 12.9. The first kappa shape index (κ1) is 25.0. The number of carbonyl (C=O) groups excluding carboxylic acids is 1. The summed E-state index contributed by atoms with van der Waals surface area (Å²) in [5.74, 6) is 1.71. The number of ether oxygens (including phenoxy) is 1. The molecule has 3 aromatic carbocycles. The van der Waals surface area contributed by atoms with Crippen LogP contribution in [0.2, 0.25) is 0 Å². The molecule has 0 fully saturated rings. The summed E-state index contributed by atoms with van der Waals surface area (Å²) in [6.07, 6.45) is 4.71. The van der Waals surface area contributed by atoms with Crippen molar-refractivity contribution in [2.24, 2.45) is 0 Å². The molecule has 1 aromatic heterocycles. The first-order valence-corrected chi connectivity index (χ1v) is 13.3. The number of nitrogens with zero attached hydrogens (tertiary/aromatic N) is 3. The minimum Gasteiger partial charge on any atom is -0.457 e. The van der Waals surface area contributed by atoms with Gasteiger partial charge in [0.2, 0.25) is 15.9 Å². The first-order valence-electron chi connectivity index (χ1n) is 11.4. The standard InChI is InChI=1S/C27H28N4O4S/c1-20(27(32)29-19-22-9-11-23(12-10-22)30-18-17-28-21(30)2)31(36(3,33)34)24-13-15-26(16-14-24)35-25-7-5-4-6-8-25/h4-18,20H,19H2,1-3H3,(H,29,32). The van der Waals surface area contributed by atoms with Crippen molar-refractivity contribution in [2.75, 3.05) is 10.6 Å². The highest BCUT2D eigenvalue weighted by atomic mass is 32.2. The van der Waals surface area contributed by atoms with E-state index in [0.29, 0.717) is 17.2 Å². The van der Waals surface area contributed by atoms with Crippen LogP contribution in [0.5, 0.6) is 11.5 Å². The van der Waals surface area contributed by atoms with Gasteiger partial charge in [0.15, 0.2) is 0 Å². The van der Waals surface area contributed by atoms with Gasteiger partial charge in [0.25, 0.3) is 0 Å². The van der Waals surface area contributed by atoms with E-state index >= 15 is 0 Å². The van der Waals surface area contributed by atoms with E-state index in [4.69, 9.17) is 4.74 Å². The molecule has 0 saturated heterocycles. The number of sulfonamides is 1. The second-order valence-corrected chi connectivity index (χ2v) is 10.2. The zero-order valence-corrected chi connectivity index (χ0v) is 21.1. The summed E-state index contributed by atoms with van der Waals surface area (Å²) in [6.45, 7) is 3.76. The molecule has 36 heavy (non-hydrogen) atoms. The lowest BCUT2D eigenvalue weighted by Crippen LogP contribution is -2.47. The molecule has 0 saturated carbocycles. The lowest BCUT2D eigenvalue weighted by atomic mass is 10.2. The largest absolute Gasteiger partial charge is 0.457 e. The molecule has 186 valence electrons. The van der Waals surface area contributed by atoms with Gasteiger partial charge in [0, 0.05) is 24.6 Å². The minimum absolute atomic E-state index is 0.272. The third kappa shape index (κ3) is 5.92. The molecule has 9 heteroatoms. The van der Waals surface area contributed by atoms with E-state index in [1.165, 1.54) is 0 Å². The zero-order valence-electron chi connectivity index (χ0n) is 20.3. The molecule has 0 aliphatic heterocycles. The molecule has 8 nitrogen and oxygen atoms in total. The average Bonchev–Trinajstić information content (AvgIpc) is 3.29. The summed E-state index contributed by atoms with van der Waals surface area (Å²) >= 11 is 0. The number of para-hydroxylation sites is 1. The highest BCUT2D eigenvalue weighted by Gasteiger charge is 2.29. The van der Waals surface area contributed by atoms with Crippen molar-refractivity contribution in [1.29, 1.82) is 0 Å². The topological polar surface area (TPSA) is 93.5 Å². The van der Waals surface area contributed by atoms with Gasteiger partial charge in [0.1, 0.15) is 23.4 Å². The predicted octanol–water partition coefficient (Wildman–Crippen LogP) is 4.44. The Morgan fingerprint density at radius 2 is 1.64 bits per heavy atom. The fourth-order valence-corrected chi connectivity index (χ4v) is 5.03. The molecule has 0 bridgehead atoms. The van der Waals surface area contributed by atoms with Crippen LogP contribution in [0.3, 0.4) is 0 Å². The molecule has 4 aromatic rings. The van der Waals surface area contributed by atoms with E-state index in [1.54, 1.807) is 37.4 Å². The molecule has 1 unspecified atom stereocenters. The van der Waals surface area contributed by atoms with Gasteiger partial charge in [-0.3, -0.25) is 9.10 Å². The molecule has 4 rings (SSSR count). The zero-order chi connectivity index (χ0) is 25.7. The predicted molar refractivity (Wildman–Crippen MR) is 140 cm³/mol. The Morgan fingerprint density at radius 3 is 2.22 bits per heavy atom. The van der Waals surface area contributed by atoms with E-state index in [0.717, 1.165) is 27.6 Å². The van der Waals surface area contributed by atoms with Crippen LogP contribution in [0.15, 0.2) is 91.3 Å². The molecule has 1 N–H and O–H groups in total. The van der Waals surface area contributed by atoms with Crippen molar-refractivity contribution in [3.05, 3.63) is 103 Å². The molecule has 1 atom stereocenters. The number of benzene rings is 3. The Morgan fingerprint density at radius 1 is 1.00 bits per heavy atom. The van der Waals surface area contributed by atoms with Gasteiger partial charge in [-0.05, 0) is 67.9 Å². The Balaban J connectivity index is 1.43. The van der Waals surface area contributed by atoms with E-state index < -0.39 is 22.0 Å². The summed E-state index contributed by atoms with van der Waals surface area (Å²) < 4.78 is 34.1. The van der Waals surface area contributed by atoms with Crippen LogP contribution < -0.4 is 14.4 Å². The molecule has 0 aliphatic carbocycles. The molecule has 0 spiro atoms. The lowest BCUT2D eigenvalue weighted by molar-refractivity contribution is -0.122. The van der Waals surface area contributed by atoms with Crippen molar-refractivity contribution >= 4 is 21.6 Å². The van der Waals surface area contributed by atoms with E-state index in [9.17, 15) is 13.2 Å². The van der Waals surface area contributed by atoms with Crippen LogP contribution in [0, 0.1) is 6.92 Å². The smallest absolute Gasteiger partial charge is 0.243 e. The highest BCUT2D eigenvalue weighted by molar-refractivity contribution is 7.92. The highest BCUT2D eigenvalue weighted by Crippen LogP contribution is 2.27.